The summed E-state index contributed by atoms with van der Waals surface area (Å²) >= 11 is 0. The lowest BCUT2D eigenvalue weighted by molar-refractivity contribution is 0.597. The fourth-order valence-electron chi connectivity index (χ4n) is 2.29. The first-order valence-corrected chi connectivity index (χ1v) is 8.00. The molecule has 2 rings (SSSR count). The van der Waals surface area contributed by atoms with E-state index in [0.717, 1.165) is 31.7 Å². The predicted octanol–water partition coefficient (Wildman–Crippen LogP) is 1.27. The molecule has 1 saturated heterocycles. The van der Waals surface area contributed by atoms with Crippen molar-refractivity contribution in [1.29, 1.82) is 0 Å². The minimum absolute atomic E-state index is 0.144. The first kappa shape index (κ1) is 13.4. The molecule has 0 bridgehead atoms. The molecule has 1 atom stereocenters. The second-order valence-electron chi connectivity index (χ2n) is 4.73. The Morgan fingerprint density at radius 3 is 2.50 bits per heavy atom. The Morgan fingerprint density at radius 1 is 1.33 bits per heavy atom. The molecule has 1 aromatic rings. The number of benzene rings is 1. The van der Waals surface area contributed by atoms with Crippen LogP contribution in [0.25, 0.3) is 0 Å². The number of nitrogens with zero attached hydrogens (tertiary/aromatic N) is 1. The van der Waals surface area contributed by atoms with Gasteiger partial charge in [0.25, 0.3) is 0 Å². The molecule has 1 unspecified atom stereocenters. The number of nitrogens with two attached hydrogens (primary N) is 1. The van der Waals surface area contributed by atoms with Crippen LogP contribution in [-0.4, -0.2) is 33.8 Å². The molecule has 1 fully saturated rings. The van der Waals surface area contributed by atoms with Crippen LogP contribution in [0.15, 0.2) is 29.2 Å². The minimum atomic E-state index is -3.09. The maximum atomic E-state index is 11.7. The summed E-state index contributed by atoms with van der Waals surface area (Å²) < 4.78 is 23.4. The fourth-order valence-corrected chi connectivity index (χ4v) is 3.17. The van der Waals surface area contributed by atoms with Crippen molar-refractivity contribution in [3.63, 3.8) is 0 Å². The van der Waals surface area contributed by atoms with Gasteiger partial charge in [-0.1, -0.05) is 6.92 Å². The third-order valence-corrected chi connectivity index (χ3v) is 5.31. The molecule has 0 saturated carbocycles. The van der Waals surface area contributed by atoms with Crippen LogP contribution in [0.4, 0.5) is 5.69 Å². The first-order chi connectivity index (χ1) is 8.56. The van der Waals surface area contributed by atoms with Gasteiger partial charge in [0, 0.05) is 18.8 Å². The molecule has 0 radical (unpaired) electrons. The van der Waals surface area contributed by atoms with Gasteiger partial charge in [-0.05, 0) is 43.1 Å². The molecule has 0 aliphatic carbocycles. The van der Waals surface area contributed by atoms with Gasteiger partial charge in [0.2, 0.25) is 0 Å². The van der Waals surface area contributed by atoms with E-state index < -0.39 is 9.84 Å². The minimum Gasteiger partial charge on any atom is -0.371 e. The van der Waals surface area contributed by atoms with Crippen molar-refractivity contribution in [2.24, 2.45) is 11.7 Å². The summed E-state index contributed by atoms with van der Waals surface area (Å²) in [6.07, 6.45) is 1.12. The summed E-state index contributed by atoms with van der Waals surface area (Å²) in [5.41, 5.74) is 6.75. The average Bonchev–Trinajstić information content (AvgIpc) is 2.87. The van der Waals surface area contributed by atoms with Crippen LogP contribution < -0.4 is 10.6 Å². The standard InChI is InChI=1S/C13H20N2O2S/c1-2-18(16,17)13-5-3-12(4-6-13)15-8-7-11(9-14)10-15/h3-6,11H,2,7-10,14H2,1H3. The Kier molecular flexibility index (Phi) is 3.92. The Labute approximate surface area is 109 Å². The topological polar surface area (TPSA) is 63.4 Å². The molecule has 18 heavy (non-hydrogen) atoms. The molecule has 5 heteroatoms. The summed E-state index contributed by atoms with van der Waals surface area (Å²) in [4.78, 5) is 2.67. The van der Waals surface area contributed by atoms with E-state index in [1.165, 1.54) is 0 Å². The molecule has 0 spiro atoms. The molecule has 1 aromatic carbocycles. The molecule has 0 amide bonds. The number of hydrogen-bond donors (Lipinski definition) is 1. The fraction of sp³-hybridized carbons (Fsp3) is 0.538. The molecule has 1 aliphatic rings. The van der Waals surface area contributed by atoms with Crippen molar-refractivity contribution < 1.29 is 8.42 Å². The zero-order valence-electron chi connectivity index (χ0n) is 10.7. The van der Waals surface area contributed by atoms with Gasteiger partial charge < -0.3 is 10.6 Å². The van der Waals surface area contributed by atoms with Crippen LogP contribution in [-0.2, 0) is 9.84 Å². The normalized spacial score (nSPS) is 20.3. The Balaban J connectivity index is 2.14. The van der Waals surface area contributed by atoms with E-state index in [0.29, 0.717) is 10.8 Å². The highest BCUT2D eigenvalue weighted by atomic mass is 32.2. The molecule has 2 N–H and O–H groups in total. The lowest BCUT2D eigenvalue weighted by atomic mass is 10.1. The van der Waals surface area contributed by atoms with Gasteiger partial charge in [0.05, 0.1) is 10.6 Å². The third kappa shape index (κ3) is 2.67. The smallest absolute Gasteiger partial charge is 0.178 e. The highest BCUT2D eigenvalue weighted by Gasteiger charge is 2.21. The number of hydrogen-bond acceptors (Lipinski definition) is 4. The zero-order chi connectivity index (χ0) is 13.2. The van der Waals surface area contributed by atoms with Crippen molar-refractivity contribution in [1.82, 2.24) is 0 Å². The highest BCUT2D eigenvalue weighted by molar-refractivity contribution is 7.91. The summed E-state index contributed by atoms with van der Waals surface area (Å²) in [5.74, 6) is 0.703. The van der Waals surface area contributed by atoms with E-state index in [9.17, 15) is 8.42 Å². The second-order valence-corrected chi connectivity index (χ2v) is 7.01. The molecule has 1 heterocycles. The van der Waals surface area contributed by atoms with E-state index in [1.807, 2.05) is 12.1 Å². The lowest BCUT2D eigenvalue weighted by Gasteiger charge is -2.18. The van der Waals surface area contributed by atoms with Gasteiger partial charge in [-0.15, -0.1) is 0 Å². The molecular weight excluding hydrogens is 248 g/mol. The monoisotopic (exact) mass is 268 g/mol. The van der Waals surface area contributed by atoms with E-state index >= 15 is 0 Å². The largest absolute Gasteiger partial charge is 0.371 e. The maximum Gasteiger partial charge on any atom is 0.178 e. The molecule has 0 aromatic heterocycles. The van der Waals surface area contributed by atoms with Crippen molar-refractivity contribution in [2.45, 2.75) is 18.2 Å². The maximum absolute atomic E-state index is 11.7. The van der Waals surface area contributed by atoms with Crippen LogP contribution in [0, 0.1) is 5.92 Å². The van der Waals surface area contributed by atoms with Crippen molar-refractivity contribution in [3.05, 3.63) is 24.3 Å². The summed E-state index contributed by atoms with van der Waals surface area (Å²) in [5, 5.41) is 0. The van der Waals surface area contributed by atoms with Gasteiger partial charge in [-0.3, -0.25) is 0 Å². The molecule has 1 aliphatic heterocycles. The first-order valence-electron chi connectivity index (χ1n) is 6.34. The number of sulfone groups is 1. The summed E-state index contributed by atoms with van der Waals surface area (Å²) in [7, 11) is -3.09. The van der Waals surface area contributed by atoms with Crippen molar-refractivity contribution >= 4 is 15.5 Å². The molecule has 4 nitrogen and oxygen atoms in total. The summed E-state index contributed by atoms with van der Waals surface area (Å²) in [6.45, 7) is 4.35. The number of rotatable bonds is 4. The van der Waals surface area contributed by atoms with Crippen LogP contribution in [0.3, 0.4) is 0 Å². The van der Waals surface area contributed by atoms with E-state index in [4.69, 9.17) is 5.73 Å². The van der Waals surface area contributed by atoms with E-state index in [-0.39, 0.29) is 5.75 Å². The Hall–Kier alpha value is -1.07. The van der Waals surface area contributed by atoms with Crippen LogP contribution in [0.2, 0.25) is 0 Å². The third-order valence-electron chi connectivity index (χ3n) is 3.56. The van der Waals surface area contributed by atoms with Crippen LogP contribution in [0.5, 0.6) is 0 Å². The lowest BCUT2D eigenvalue weighted by Crippen LogP contribution is -2.22. The Bertz CT molecular complexity index is 496. The average molecular weight is 268 g/mol. The van der Waals surface area contributed by atoms with Gasteiger partial charge >= 0.3 is 0 Å². The highest BCUT2D eigenvalue weighted by Crippen LogP contribution is 2.24. The Morgan fingerprint density at radius 2 is 2.00 bits per heavy atom. The SMILES string of the molecule is CCS(=O)(=O)c1ccc(N2CCC(CN)C2)cc1. The van der Waals surface area contributed by atoms with Crippen LogP contribution >= 0.6 is 0 Å². The van der Waals surface area contributed by atoms with Gasteiger partial charge in [-0.2, -0.15) is 0 Å². The van der Waals surface area contributed by atoms with Crippen molar-refractivity contribution in [3.8, 4) is 0 Å². The van der Waals surface area contributed by atoms with E-state index in [1.54, 1.807) is 19.1 Å². The van der Waals surface area contributed by atoms with Crippen molar-refractivity contribution in [2.75, 3.05) is 30.3 Å². The quantitative estimate of drug-likeness (QED) is 0.893. The number of anilines is 1. The summed E-state index contributed by atoms with van der Waals surface area (Å²) in [6, 6.07) is 7.18. The predicted molar refractivity (Wildman–Crippen MR) is 73.5 cm³/mol. The van der Waals surface area contributed by atoms with Crippen LogP contribution in [0.1, 0.15) is 13.3 Å². The molecule has 100 valence electrons. The van der Waals surface area contributed by atoms with Gasteiger partial charge in [-0.25, -0.2) is 8.42 Å². The molecular formula is C13H20N2O2S. The zero-order valence-corrected chi connectivity index (χ0v) is 11.5. The van der Waals surface area contributed by atoms with Gasteiger partial charge in [0.15, 0.2) is 9.84 Å². The second kappa shape index (κ2) is 5.28. The van der Waals surface area contributed by atoms with Gasteiger partial charge in [0.1, 0.15) is 0 Å². The van der Waals surface area contributed by atoms with E-state index in [2.05, 4.69) is 4.90 Å².